The van der Waals surface area contributed by atoms with E-state index in [1.165, 1.54) is 23.9 Å². The predicted octanol–water partition coefficient (Wildman–Crippen LogP) is 2.29. The summed E-state index contributed by atoms with van der Waals surface area (Å²) in [5.41, 5.74) is 0.940. The number of carbonyl (C=O) groups is 4. The molecule has 4 amide bonds. The number of likely N-dealkylation sites (tertiary alicyclic amines) is 2. The number of carbonyl (C=O) groups excluding carboxylic acids is 4. The van der Waals surface area contributed by atoms with E-state index in [-0.39, 0.29) is 23.6 Å². The quantitative estimate of drug-likeness (QED) is 0.431. The van der Waals surface area contributed by atoms with Crippen LogP contribution in [0.5, 0.6) is 0 Å². The largest absolute Gasteiger partial charge is 0.285 e. The second-order valence-corrected chi connectivity index (χ2v) is 9.02. The molecule has 6 heteroatoms. The first-order chi connectivity index (χ1) is 14.8. The van der Waals surface area contributed by atoms with Gasteiger partial charge in [-0.15, -0.1) is 0 Å². The second-order valence-electron chi connectivity index (χ2n) is 9.02. The molecule has 6 atom stereocenters. The summed E-state index contributed by atoms with van der Waals surface area (Å²) in [6, 6.07) is 9.80. The van der Waals surface area contributed by atoms with Gasteiger partial charge in [-0.1, -0.05) is 66.3 Å². The van der Waals surface area contributed by atoms with E-state index in [0.717, 1.165) is 11.1 Å². The lowest BCUT2D eigenvalue weighted by atomic mass is 9.45. The van der Waals surface area contributed by atoms with Crippen LogP contribution < -0.4 is 0 Å². The summed E-state index contributed by atoms with van der Waals surface area (Å²) in [6.45, 7) is 1.91. The molecule has 0 spiro atoms. The molecule has 2 unspecified atom stereocenters. The van der Waals surface area contributed by atoms with E-state index in [1.807, 2.05) is 67.6 Å². The van der Waals surface area contributed by atoms with Crippen molar-refractivity contribution >= 4 is 29.7 Å². The highest BCUT2D eigenvalue weighted by atomic mass is 16.2. The molecule has 2 saturated heterocycles. The summed E-state index contributed by atoms with van der Waals surface area (Å²) in [4.78, 5) is 54.8. The van der Waals surface area contributed by atoms with Crippen molar-refractivity contribution in [1.82, 2.24) is 9.80 Å². The van der Waals surface area contributed by atoms with Crippen molar-refractivity contribution in [3.63, 3.8) is 0 Å². The van der Waals surface area contributed by atoms with Crippen molar-refractivity contribution in [2.24, 2.45) is 35.0 Å². The Morgan fingerprint density at radius 1 is 0.774 bits per heavy atom. The highest BCUT2D eigenvalue weighted by Gasteiger charge is 2.73. The lowest BCUT2D eigenvalue weighted by Crippen LogP contribution is -2.58. The van der Waals surface area contributed by atoms with Crippen molar-refractivity contribution < 1.29 is 19.2 Å². The third-order valence-corrected chi connectivity index (χ3v) is 7.58. The summed E-state index contributed by atoms with van der Waals surface area (Å²) >= 11 is 0. The van der Waals surface area contributed by atoms with Crippen LogP contribution in [0.2, 0.25) is 0 Å². The Kier molecular flexibility index (Phi) is 4.19. The van der Waals surface area contributed by atoms with E-state index in [2.05, 4.69) is 0 Å². The van der Waals surface area contributed by atoms with Crippen LogP contribution in [0.15, 0.2) is 60.2 Å². The van der Waals surface area contributed by atoms with Gasteiger partial charge in [-0.25, -0.2) is 0 Å². The van der Waals surface area contributed by atoms with E-state index < -0.39 is 35.0 Å². The molecule has 3 aliphatic carbocycles. The predicted molar refractivity (Wildman–Crippen MR) is 114 cm³/mol. The molecule has 0 aromatic heterocycles. The molecule has 6 nitrogen and oxygen atoms in total. The fourth-order valence-corrected chi connectivity index (χ4v) is 6.31. The molecule has 2 heterocycles. The smallest absolute Gasteiger partial charge is 0.234 e. The van der Waals surface area contributed by atoms with E-state index in [0.29, 0.717) is 0 Å². The van der Waals surface area contributed by atoms with Crippen molar-refractivity contribution in [1.29, 1.82) is 0 Å². The van der Waals surface area contributed by atoms with Crippen molar-refractivity contribution in [3.8, 4) is 0 Å². The number of hydrogen-bond donors (Lipinski definition) is 0. The minimum absolute atomic E-state index is 0.252. The van der Waals surface area contributed by atoms with Gasteiger partial charge in [-0.3, -0.25) is 29.0 Å². The molecule has 2 aliphatic heterocycles. The lowest BCUT2D eigenvalue weighted by molar-refractivity contribution is -0.143. The number of imide groups is 2. The van der Waals surface area contributed by atoms with E-state index in [4.69, 9.17) is 0 Å². The van der Waals surface area contributed by atoms with Gasteiger partial charge in [0.25, 0.3) is 0 Å². The van der Waals surface area contributed by atoms with Gasteiger partial charge in [0.1, 0.15) is 0 Å². The number of allylic oxidation sites excluding steroid dienone is 5. The summed E-state index contributed by atoms with van der Waals surface area (Å²) in [7, 11) is 2.99. The zero-order valence-corrected chi connectivity index (χ0v) is 17.7. The Labute approximate surface area is 180 Å². The minimum Gasteiger partial charge on any atom is -0.285 e. The highest BCUT2D eigenvalue weighted by molar-refractivity contribution is 6.11. The van der Waals surface area contributed by atoms with E-state index in [9.17, 15) is 19.2 Å². The molecule has 6 rings (SSSR count). The monoisotopic (exact) mass is 416 g/mol. The van der Waals surface area contributed by atoms with Crippen molar-refractivity contribution in [2.45, 2.75) is 6.92 Å². The summed E-state index contributed by atoms with van der Waals surface area (Å²) < 4.78 is 0. The summed E-state index contributed by atoms with van der Waals surface area (Å²) in [5, 5.41) is 0. The molecule has 31 heavy (non-hydrogen) atoms. The molecular weight excluding hydrogens is 392 g/mol. The minimum atomic E-state index is -0.996. The third kappa shape index (κ3) is 2.44. The molecular formula is C25H24N2O4. The molecule has 0 radical (unpaired) electrons. The molecule has 1 aromatic carbocycles. The maximum absolute atomic E-state index is 13.2. The summed E-state index contributed by atoms with van der Waals surface area (Å²) in [5.74, 6) is -3.98. The number of amides is 4. The Hall–Kier alpha value is -3.28. The van der Waals surface area contributed by atoms with E-state index >= 15 is 0 Å². The van der Waals surface area contributed by atoms with Gasteiger partial charge >= 0.3 is 0 Å². The van der Waals surface area contributed by atoms with Gasteiger partial charge < -0.3 is 0 Å². The van der Waals surface area contributed by atoms with Crippen LogP contribution in [0.1, 0.15) is 12.5 Å². The summed E-state index contributed by atoms with van der Waals surface area (Å²) in [6.07, 6.45) is 9.49. The van der Waals surface area contributed by atoms with Crippen molar-refractivity contribution in [3.05, 3.63) is 65.8 Å². The lowest BCUT2D eigenvalue weighted by Gasteiger charge is -2.53. The average molecular weight is 416 g/mol. The van der Waals surface area contributed by atoms with Crippen molar-refractivity contribution in [2.75, 3.05) is 14.1 Å². The molecule has 0 N–H and O–H groups in total. The molecule has 1 saturated carbocycles. The van der Waals surface area contributed by atoms with Crippen LogP contribution in [0.3, 0.4) is 0 Å². The molecule has 2 bridgehead atoms. The first-order valence-corrected chi connectivity index (χ1v) is 10.5. The number of benzene rings is 1. The Bertz CT molecular complexity index is 1050. The maximum Gasteiger partial charge on any atom is 0.234 e. The zero-order valence-electron chi connectivity index (χ0n) is 17.7. The van der Waals surface area contributed by atoms with Crippen LogP contribution >= 0.6 is 0 Å². The molecule has 158 valence electrons. The number of rotatable bonds is 3. The fourth-order valence-electron chi connectivity index (χ4n) is 6.31. The molecule has 5 aliphatic rings. The van der Waals surface area contributed by atoms with Crippen LogP contribution in [-0.4, -0.2) is 47.5 Å². The molecule has 3 fully saturated rings. The molecule has 1 aromatic rings. The Morgan fingerprint density at radius 3 is 1.87 bits per heavy atom. The Morgan fingerprint density at radius 2 is 1.32 bits per heavy atom. The van der Waals surface area contributed by atoms with Gasteiger partial charge in [-0.2, -0.15) is 0 Å². The topological polar surface area (TPSA) is 74.8 Å². The van der Waals surface area contributed by atoms with E-state index in [1.54, 1.807) is 0 Å². The van der Waals surface area contributed by atoms with Crippen LogP contribution in [0.4, 0.5) is 0 Å². The van der Waals surface area contributed by atoms with Gasteiger partial charge in [0.05, 0.1) is 23.7 Å². The standard InChI is InChI=1S/C25H24N2O4/c1-14-13-25(12-8-7-11-15-9-5-4-6-10-15)19-17(21(28)26(2)23(19)30)16(14)18-20(25)24(31)27(3)22(18)29/h4-13,16-20H,1-3H3/b11-7+,12-8+/t16?,17-,18+,19+,20-,25?. The zero-order chi connectivity index (χ0) is 22.1. The second kappa shape index (κ2) is 6.61. The average Bonchev–Trinajstić information content (AvgIpc) is 3.14. The van der Waals surface area contributed by atoms with Gasteiger partial charge in [0, 0.05) is 25.4 Å². The SMILES string of the molecule is CC1=CC2(/C=C/C=C/c3ccccc3)[C@@H]3C(=O)N(C)C(=O)[C@@H]3C1[C@@H]1C(=O)N(C)C(=O)[C@@H]12. The fraction of sp³-hybridized carbons (Fsp3) is 0.360. The highest BCUT2D eigenvalue weighted by Crippen LogP contribution is 2.66. The van der Waals surface area contributed by atoms with Crippen LogP contribution in [0, 0.1) is 35.0 Å². The van der Waals surface area contributed by atoms with Gasteiger partial charge in [0.15, 0.2) is 0 Å². The number of hydrogen-bond acceptors (Lipinski definition) is 4. The first-order valence-electron chi connectivity index (χ1n) is 10.5. The Balaban J connectivity index is 1.65. The number of nitrogens with zero attached hydrogens (tertiary/aromatic N) is 2. The maximum atomic E-state index is 13.2. The van der Waals surface area contributed by atoms with Crippen LogP contribution in [0.25, 0.3) is 6.08 Å². The van der Waals surface area contributed by atoms with Crippen LogP contribution in [-0.2, 0) is 19.2 Å². The van der Waals surface area contributed by atoms with Gasteiger partial charge in [-0.05, 0) is 12.5 Å². The third-order valence-electron chi connectivity index (χ3n) is 7.58. The first kappa shape index (κ1) is 19.7. The van der Waals surface area contributed by atoms with Gasteiger partial charge in [0.2, 0.25) is 23.6 Å². The normalized spacial score (nSPS) is 36.7.